The maximum Gasteiger partial charge on any atom is 0.320 e. The van der Waals surface area contributed by atoms with Crippen molar-refractivity contribution in [2.75, 3.05) is 12.4 Å². The zero-order valence-electron chi connectivity index (χ0n) is 9.11. The molecule has 0 unspecified atom stereocenters. The van der Waals surface area contributed by atoms with Crippen molar-refractivity contribution >= 4 is 27.6 Å². The number of nitrogens with two attached hydrogens (primary N) is 1. The minimum Gasteiger partial charge on any atom is -0.495 e. The molecule has 0 aliphatic rings. The van der Waals surface area contributed by atoms with Gasteiger partial charge in [0, 0.05) is 11.8 Å². The van der Waals surface area contributed by atoms with E-state index >= 15 is 0 Å². The predicted molar refractivity (Wildman–Crippen MR) is 66.2 cm³/mol. The van der Waals surface area contributed by atoms with Crippen LogP contribution in [-0.4, -0.2) is 17.3 Å². The molecule has 1 aromatic heterocycles. The average molecular weight is 299 g/mol. The molecule has 90 valence electrons. The van der Waals surface area contributed by atoms with Crippen LogP contribution in [0.15, 0.2) is 27.1 Å². The van der Waals surface area contributed by atoms with Gasteiger partial charge in [-0.3, -0.25) is 0 Å². The second kappa shape index (κ2) is 5.15. The van der Waals surface area contributed by atoms with Crippen molar-refractivity contribution in [2.45, 2.75) is 6.54 Å². The molecule has 0 aliphatic heterocycles. The molecule has 7 heteroatoms. The summed E-state index contributed by atoms with van der Waals surface area (Å²) in [5.74, 6) is 1.10. The number of nitrogens with zero attached hydrogens (tertiary/aromatic N) is 2. The van der Waals surface area contributed by atoms with Crippen molar-refractivity contribution in [3.63, 3.8) is 0 Å². The first-order valence-electron chi connectivity index (χ1n) is 4.86. The number of anilines is 2. The fourth-order valence-corrected chi connectivity index (χ4v) is 1.66. The van der Waals surface area contributed by atoms with E-state index in [2.05, 4.69) is 31.4 Å². The molecule has 0 fully saturated rings. The van der Waals surface area contributed by atoms with Crippen molar-refractivity contribution in [2.24, 2.45) is 5.73 Å². The molecule has 17 heavy (non-hydrogen) atoms. The average Bonchev–Trinajstić information content (AvgIpc) is 2.79. The van der Waals surface area contributed by atoms with Gasteiger partial charge in [0.25, 0.3) is 0 Å². The van der Waals surface area contributed by atoms with Gasteiger partial charge in [0.2, 0.25) is 5.89 Å². The number of benzene rings is 1. The lowest BCUT2D eigenvalue weighted by Crippen LogP contribution is -1.95. The molecule has 0 saturated heterocycles. The number of hydrogen-bond acceptors (Lipinski definition) is 6. The molecule has 0 saturated carbocycles. The number of hydrogen-bond donors (Lipinski definition) is 2. The van der Waals surface area contributed by atoms with Crippen LogP contribution in [0.3, 0.4) is 0 Å². The highest BCUT2D eigenvalue weighted by atomic mass is 79.9. The Morgan fingerprint density at radius 3 is 2.94 bits per heavy atom. The Balaban J connectivity index is 2.18. The number of nitrogens with one attached hydrogen (secondary N) is 1. The first kappa shape index (κ1) is 11.9. The summed E-state index contributed by atoms with van der Waals surface area (Å²) >= 11 is 3.37. The Bertz CT molecular complexity index is 515. The molecule has 2 aromatic rings. The second-order valence-electron chi connectivity index (χ2n) is 3.18. The SMILES string of the molecule is COc1cc(Nc2nnc(CN)o2)ccc1Br. The largest absolute Gasteiger partial charge is 0.495 e. The van der Waals surface area contributed by atoms with Gasteiger partial charge in [-0.05, 0) is 28.1 Å². The van der Waals surface area contributed by atoms with E-state index in [1.54, 1.807) is 7.11 Å². The number of halogens is 1. The Morgan fingerprint density at radius 2 is 2.29 bits per heavy atom. The molecule has 0 spiro atoms. The quantitative estimate of drug-likeness (QED) is 0.898. The summed E-state index contributed by atoms with van der Waals surface area (Å²) in [6, 6.07) is 5.84. The standard InChI is InChI=1S/C10H11BrN4O2/c1-16-8-4-6(2-3-7(8)11)13-10-15-14-9(5-12)17-10/h2-4H,5,12H2,1H3,(H,13,15). The van der Waals surface area contributed by atoms with E-state index in [0.717, 1.165) is 10.2 Å². The summed E-state index contributed by atoms with van der Waals surface area (Å²) in [6.07, 6.45) is 0. The fraction of sp³-hybridized carbons (Fsp3) is 0.200. The summed E-state index contributed by atoms with van der Waals surface area (Å²) in [4.78, 5) is 0. The molecule has 0 radical (unpaired) electrons. The van der Waals surface area contributed by atoms with Gasteiger partial charge >= 0.3 is 6.01 Å². The van der Waals surface area contributed by atoms with Gasteiger partial charge in [-0.25, -0.2) is 0 Å². The summed E-state index contributed by atoms with van der Waals surface area (Å²) in [6.45, 7) is 0.221. The van der Waals surface area contributed by atoms with Crippen LogP contribution >= 0.6 is 15.9 Å². The summed E-state index contributed by atoms with van der Waals surface area (Å²) in [5.41, 5.74) is 6.16. The van der Waals surface area contributed by atoms with Gasteiger partial charge in [0.05, 0.1) is 18.1 Å². The van der Waals surface area contributed by atoms with Crippen molar-refractivity contribution in [1.82, 2.24) is 10.2 Å². The van der Waals surface area contributed by atoms with Crippen LogP contribution in [0.4, 0.5) is 11.7 Å². The summed E-state index contributed by atoms with van der Waals surface area (Å²) in [5, 5.41) is 10.5. The molecule has 0 amide bonds. The summed E-state index contributed by atoms with van der Waals surface area (Å²) in [7, 11) is 1.60. The van der Waals surface area contributed by atoms with Crippen LogP contribution in [0, 0.1) is 0 Å². The van der Waals surface area contributed by atoms with Crippen LogP contribution < -0.4 is 15.8 Å². The first-order valence-corrected chi connectivity index (χ1v) is 5.65. The molecule has 1 aromatic carbocycles. The monoisotopic (exact) mass is 298 g/mol. The third-order valence-electron chi connectivity index (χ3n) is 2.04. The number of ether oxygens (including phenoxy) is 1. The maximum atomic E-state index is 5.37. The summed E-state index contributed by atoms with van der Waals surface area (Å²) < 4.78 is 11.3. The van der Waals surface area contributed by atoms with Crippen molar-refractivity contribution in [3.8, 4) is 5.75 Å². The van der Waals surface area contributed by atoms with Crippen LogP contribution in [0.1, 0.15) is 5.89 Å². The number of aromatic nitrogens is 2. The van der Waals surface area contributed by atoms with Crippen molar-refractivity contribution in [3.05, 3.63) is 28.6 Å². The van der Waals surface area contributed by atoms with Crippen LogP contribution in [0.2, 0.25) is 0 Å². The van der Waals surface area contributed by atoms with Crippen LogP contribution in [0.25, 0.3) is 0 Å². The fourth-order valence-electron chi connectivity index (χ4n) is 1.25. The highest BCUT2D eigenvalue weighted by Crippen LogP contribution is 2.29. The smallest absolute Gasteiger partial charge is 0.320 e. The van der Waals surface area contributed by atoms with Gasteiger partial charge < -0.3 is 20.2 Å². The van der Waals surface area contributed by atoms with Gasteiger partial charge in [0.15, 0.2) is 0 Å². The molecular weight excluding hydrogens is 288 g/mol. The lowest BCUT2D eigenvalue weighted by molar-refractivity contribution is 0.412. The van der Waals surface area contributed by atoms with E-state index in [9.17, 15) is 0 Å². The molecule has 3 N–H and O–H groups in total. The zero-order chi connectivity index (χ0) is 12.3. The Hall–Kier alpha value is -1.60. The molecule has 6 nitrogen and oxygen atoms in total. The number of rotatable bonds is 4. The molecule has 2 rings (SSSR count). The molecule has 0 bridgehead atoms. The lowest BCUT2D eigenvalue weighted by Gasteiger charge is -2.06. The van der Waals surface area contributed by atoms with E-state index < -0.39 is 0 Å². The van der Waals surface area contributed by atoms with Crippen LogP contribution in [0.5, 0.6) is 5.75 Å². The number of methoxy groups -OCH3 is 1. The van der Waals surface area contributed by atoms with E-state index in [4.69, 9.17) is 14.9 Å². The van der Waals surface area contributed by atoms with Crippen molar-refractivity contribution in [1.29, 1.82) is 0 Å². The topological polar surface area (TPSA) is 86.2 Å². The Morgan fingerprint density at radius 1 is 1.47 bits per heavy atom. The minimum atomic E-state index is 0.221. The molecule has 0 aliphatic carbocycles. The van der Waals surface area contributed by atoms with Gasteiger partial charge in [0.1, 0.15) is 5.75 Å². The normalized spacial score (nSPS) is 10.3. The first-order chi connectivity index (χ1) is 8.22. The van der Waals surface area contributed by atoms with E-state index in [1.165, 1.54) is 0 Å². The molecule has 1 heterocycles. The van der Waals surface area contributed by atoms with E-state index in [0.29, 0.717) is 17.7 Å². The zero-order valence-corrected chi connectivity index (χ0v) is 10.7. The second-order valence-corrected chi connectivity index (χ2v) is 4.03. The third kappa shape index (κ3) is 2.75. The minimum absolute atomic E-state index is 0.221. The Labute approximate surface area is 106 Å². The highest BCUT2D eigenvalue weighted by Gasteiger charge is 2.06. The van der Waals surface area contributed by atoms with E-state index in [-0.39, 0.29) is 6.54 Å². The van der Waals surface area contributed by atoms with Crippen molar-refractivity contribution < 1.29 is 9.15 Å². The lowest BCUT2D eigenvalue weighted by atomic mass is 10.3. The maximum absolute atomic E-state index is 5.37. The van der Waals surface area contributed by atoms with Gasteiger partial charge in [-0.1, -0.05) is 5.10 Å². The van der Waals surface area contributed by atoms with Crippen LogP contribution in [-0.2, 0) is 6.54 Å². The molecule has 0 atom stereocenters. The van der Waals surface area contributed by atoms with E-state index in [1.807, 2.05) is 18.2 Å². The third-order valence-corrected chi connectivity index (χ3v) is 2.70. The van der Waals surface area contributed by atoms with Gasteiger partial charge in [-0.2, -0.15) is 0 Å². The predicted octanol–water partition coefficient (Wildman–Crippen LogP) is 2.04. The molecular formula is C10H11BrN4O2. The van der Waals surface area contributed by atoms with Gasteiger partial charge in [-0.15, -0.1) is 5.10 Å². The highest BCUT2D eigenvalue weighted by molar-refractivity contribution is 9.10. The Kier molecular flexibility index (Phi) is 3.60.